The fraction of sp³-hybridized carbons (Fsp3) is 0.600. The van der Waals surface area contributed by atoms with Gasteiger partial charge in [0.05, 0.1) is 0 Å². The third kappa shape index (κ3) is 3.31. The fourth-order valence-corrected chi connectivity index (χ4v) is 2.64. The zero-order valence-electron chi connectivity index (χ0n) is 11.1. The molecule has 1 saturated carbocycles. The maximum Gasteiger partial charge on any atom is 0.225 e. The number of aromatic nitrogens is 1. The van der Waals surface area contributed by atoms with Crippen LogP contribution in [0.3, 0.4) is 0 Å². The van der Waals surface area contributed by atoms with Crippen LogP contribution in [0.4, 0.5) is 0 Å². The number of hydrogen-bond donors (Lipinski definition) is 1. The first kappa shape index (κ1) is 13.1. The number of rotatable bonds is 4. The van der Waals surface area contributed by atoms with Crippen LogP contribution in [-0.4, -0.2) is 17.4 Å². The van der Waals surface area contributed by atoms with Crippen LogP contribution in [0.1, 0.15) is 44.6 Å². The molecular formula is C15H22N2O. The Morgan fingerprint density at radius 1 is 1.28 bits per heavy atom. The van der Waals surface area contributed by atoms with Gasteiger partial charge in [0.15, 0.2) is 0 Å². The van der Waals surface area contributed by atoms with E-state index in [1.54, 1.807) is 12.4 Å². The van der Waals surface area contributed by atoms with Crippen molar-refractivity contribution < 1.29 is 4.79 Å². The van der Waals surface area contributed by atoms with Crippen LogP contribution in [0.5, 0.6) is 0 Å². The van der Waals surface area contributed by atoms with Crippen LogP contribution in [0.2, 0.25) is 0 Å². The van der Waals surface area contributed by atoms with Crippen molar-refractivity contribution in [3.05, 3.63) is 30.1 Å². The summed E-state index contributed by atoms with van der Waals surface area (Å²) in [5.41, 5.74) is 1.09. The highest BCUT2D eigenvalue weighted by Crippen LogP contribution is 2.35. The fourth-order valence-electron chi connectivity index (χ4n) is 2.64. The Balaban J connectivity index is 1.78. The van der Waals surface area contributed by atoms with Gasteiger partial charge in [-0.3, -0.25) is 9.78 Å². The maximum absolute atomic E-state index is 12.2. The van der Waals surface area contributed by atoms with Gasteiger partial charge in [0.1, 0.15) is 0 Å². The average molecular weight is 246 g/mol. The first-order valence-electron chi connectivity index (χ1n) is 6.88. The predicted molar refractivity (Wildman–Crippen MR) is 72.1 cm³/mol. The first-order valence-corrected chi connectivity index (χ1v) is 6.88. The van der Waals surface area contributed by atoms with Crippen LogP contribution in [-0.2, 0) is 11.2 Å². The molecule has 98 valence electrons. The standard InChI is InChI=1S/C15H22N2O/c1-15(8-3-2-4-9-15)14(18)17-12-7-13-5-10-16-11-6-13/h5-6,10-11H,2-4,7-9,12H2,1H3,(H,17,18). The molecule has 0 bridgehead atoms. The van der Waals surface area contributed by atoms with Crippen LogP contribution in [0.25, 0.3) is 0 Å². The molecule has 1 fully saturated rings. The van der Waals surface area contributed by atoms with Crippen molar-refractivity contribution in [1.29, 1.82) is 0 Å². The second-order valence-electron chi connectivity index (χ2n) is 5.48. The van der Waals surface area contributed by atoms with Crippen LogP contribution in [0, 0.1) is 5.41 Å². The van der Waals surface area contributed by atoms with E-state index in [1.807, 2.05) is 12.1 Å². The molecule has 2 rings (SSSR count). The third-order valence-corrected chi connectivity index (χ3v) is 3.95. The molecule has 1 heterocycles. The van der Waals surface area contributed by atoms with E-state index in [4.69, 9.17) is 0 Å². The first-order chi connectivity index (χ1) is 8.71. The molecule has 1 aromatic heterocycles. The Labute approximate surface area is 109 Å². The predicted octanol–water partition coefficient (Wildman–Crippen LogP) is 2.71. The lowest BCUT2D eigenvalue weighted by Crippen LogP contribution is -2.41. The topological polar surface area (TPSA) is 42.0 Å². The highest BCUT2D eigenvalue weighted by atomic mass is 16.2. The van der Waals surface area contributed by atoms with Gasteiger partial charge in [-0.05, 0) is 37.0 Å². The zero-order valence-corrected chi connectivity index (χ0v) is 11.1. The number of carbonyl (C=O) groups is 1. The van der Waals surface area contributed by atoms with Crippen molar-refractivity contribution in [1.82, 2.24) is 10.3 Å². The SMILES string of the molecule is CC1(C(=O)NCCc2ccncc2)CCCCC1. The lowest BCUT2D eigenvalue weighted by Gasteiger charge is -2.32. The number of nitrogens with one attached hydrogen (secondary N) is 1. The summed E-state index contributed by atoms with van der Waals surface area (Å²) in [6.45, 7) is 2.83. The van der Waals surface area contributed by atoms with E-state index < -0.39 is 0 Å². The quantitative estimate of drug-likeness (QED) is 0.887. The minimum Gasteiger partial charge on any atom is -0.355 e. The van der Waals surface area contributed by atoms with E-state index in [0.29, 0.717) is 0 Å². The van der Waals surface area contributed by atoms with Crippen LogP contribution < -0.4 is 5.32 Å². The van der Waals surface area contributed by atoms with E-state index in [-0.39, 0.29) is 11.3 Å². The molecule has 0 aliphatic heterocycles. The maximum atomic E-state index is 12.2. The molecule has 1 aliphatic carbocycles. The lowest BCUT2D eigenvalue weighted by molar-refractivity contribution is -0.131. The molecule has 1 aliphatic rings. The largest absolute Gasteiger partial charge is 0.355 e. The zero-order chi connectivity index (χ0) is 12.8. The molecule has 0 aromatic carbocycles. The van der Waals surface area contributed by atoms with Gasteiger partial charge < -0.3 is 5.32 Å². The Morgan fingerprint density at radius 3 is 2.61 bits per heavy atom. The minimum absolute atomic E-state index is 0.128. The number of carbonyl (C=O) groups excluding carboxylic acids is 1. The molecule has 1 aromatic rings. The van der Waals surface area contributed by atoms with Crippen molar-refractivity contribution in [2.45, 2.75) is 45.4 Å². The molecule has 18 heavy (non-hydrogen) atoms. The smallest absolute Gasteiger partial charge is 0.225 e. The Bertz CT molecular complexity index is 383. The second kappa shape index (κ2) is 5.98. The lowest BCUT2D eigenvalue weighted by atomic mass is 9.75. The minimum atomic E-state index is -0.128. The summed E-state index contributed by atoms with van der Waals surface area (Å²) in [4.78, 5) is 16.2. The van der Waals surface area contributed by atoms with Crippen molar-refractivity contribution >= 4 is 5.91 Å². The van der Waals surface area contributed by atoms with Crippen molar-refractivity contribution in [2.75, 3.05) is 6.54 Å². The number of amides is 1. The van der Waals surface area contributed by atoms with E-state index in [9.17, 15) is 4.79 Å². The van der Waals surface area contributed by atoms with E-state index in [1.165, 1.54) is 24.8 Å². The van der Waals surface area contributed by atoms with E-state index in [0.717, 1.165) is 25.8 Å². The van der Waals surface area contributed by atoms with E-state index >= 15 is 0 Å². The summed E-state index contributed by atoms with van der Waals surface area (Å²) < 4.78 is 0. The molecule has 1 amide bonds. The second-order valence-corrected chi connectivity index (χ2v) is 5.48. The number of pyridine rings is 1. The van der Waals surface area contributed by atoms with Gasteiger partial charge in [-0.1, -0.05) is 26.2 Å². The number of hydrogen-bond acceptors (Lipinski definition) is 2. The summed E-state index contributed by atoms with van der Waals surface area (Å²) in [6.07, 6.45) is 10.2. The van der Waals surface area contributed by atoms with Gasteiger partial charge in [-0.15, -0.1) is 0 Å². The number of nitrogens with zero attached hydrogens (tertiary/aromatic N) is 1. The van der Waals surface area contributed by atoms with Gasteiger partial charge in [-0.25, -0.2) is 0 Å². The molecule has 0 atom stereocenters. The third-order valence-electron chi connectivity index (χ3n) is 3.95. The average Bonchev–Trinajstić information content (AvgIpc) is 2.41. The molecule has 0 radical (unpaired) electrons. The monoisotopic (exact) mass is 246 g/mol. The Morgan fingerprint density at radius 2 is 1.94 bits per heavy atom. The van der Waals surface area contributed by atoms with Crippen molar-refractivity contribution in [3.8, 4) is 0 Å². The van der Waals surface area contributed by atoms with Crippen LogP contribution in [0.15, 0.2) is 24.5 Å². The summed E-state index contributed by atoms with van der Waals surface area (Å²) in [5.74, 6) is 0.233. The van der Waals surface area contributed by atoms with Crippen LogP contribution >= 0.6 is 0 Å². The molecule has 1 N–H and O–H groups in total. The van der Waals surface area contributed by atoms with E-state index in [2.05, 4.69) is 17.2 Å². The summed E-state index contributed by atoms with van der Waals surface area (Å²) in [5, 5.41) is 3.08. The molecule has 0 unspecified atom stereocenters. The van der Waals surface area contributed by atoms with Gasteiger partial charge in [-0.2, -0.15) is 0 Å². The highest BCUT2D eigenvalue weighted by Gasteiger charge is 2.33. The van der Waals surface area contributed by atoms with Crippen molar-refractivity contribution in [3.63, 3.8) is 0 Å². The molecule has 3 nitrogen and oxygen atoms in total. The van der Waals surface area contributed by atoms with Gasteiger partial charge >= 0.3 is 0 Å². The summed E-state index contributed by atoms with van der Waals surface area (Å²) >= 11 is 0. The Kier molecular flexibility index (Phi) is 4.34. The Hall–Kier alpha value is -1.38. The summed E-state index contributed by atoms with van der Waals surface area (Å²) in [7, 11) is 0. The normalized spacial score (nSPS) is 18.3. The molecule has 0 saturated heterocycles. The van der Waals surface area contributed by atoms with Gasteiger partial charge in [0.2, 0.25) is 5.91 Å². The molecule has 3 heteroatoms. The summed E-state index contributed by atoms with van der Waals surface area (Å²) in [6, 6.07) is 3.99. The highest BCUT2D eigenvalue weighted by molar-refractivity contribution is 5.82. The molecule has 0 spiro atoms. The van der Waals surface area contributed by atoms with Gasteiger partial charge in [0.25, 0.3) is 0 Å². The molecular weight excluding hydrogens is 224 g/mol. The van der Waals surface area contributed by atoms with Crippen molar-refractivity contribution in [2.24, 2.45) is 5.41 Å². The van der Waals surface area contributed by atoms with Gasteiger partial charge in [0, 0.05) is 24.4 Å².